The van der Waals surface area contributed by atoms with Gasteiger partial charge in [-0.05, 0) is 26.0 Å². The average molecular weight is 194 g/mol. The molecular formula is C10H14N2O2. The van der Waals surface area contributed by atoms with Gasteiger partial charge in [0.25, 0.3) is 0 Å². The van der Waals surface area contributed by atoms with Gasteiger partial charge in [0, 0.05) is 13.1 Å². The lowest BCUT2D eigenvalue weighted by molar-refractivity contribution is 0.0690. The maximum atomic E-state index is 10.7. The molecule has 76 valence electrons. The van der Waals surface area contributed by atoms with Crippen molar-refractivity contribution in [2.24, 2.45) is 0 Å². The number of hydrogen-bond donors (Lipinski definition) is 1. The first kappa shape index (κ1) is 10.5. The molecule has 0 saturated heterocycles. The van der Waals surface area contributed by atoms with Gasteiger partial charge in [-0.15, -0.1) is 0 Å². The van der Waals surface area contributed by atoms with Gasteiger partial charge in [0.2, 0.25) is 0 Å². The lowest BCUT2D eigenvalue weighted by Crippen LogP contribution is -2.23. The van der Waals surface area contributed by atoms with E-state index in [1.807, 2.05) is 24.8 Å². The fourth-order valence-electron chi connectivity index (χ4n) is 1.27. The number of hydrogen-bond acceptors (Lipinski definition) is 3. The Balaban J connectivity index is 2.98. The Labute approximate surface area is 83.2 Å². The van der Waals surface area contributed by atoms with Crippen LogP contribution >= 0.6 is 0 Å². The minimum absolute atomic E-state index is 0.0920. The molecule has 0 radical (unpaired) electrons. The summed E-state index contributed by atoms with van der Waals surface area (Å²) in [5, 5.41) is 8.76. The van der Waals surface area contributed by atoms with Crippen molar-refractivity contribution in [1.29, 1.82) is 0 Å². The first-order valence-electron chi connectivity index (χ1n) is 4.64. The lowest BCUT2D eigenvalue weighted by atomic mass is 10.3. The van der Waals surface area contributed by atoms with Crippen LogP contribution in [0, 0.1) is 0 Å². The van der Waals surface area contributed by atoms with E-state index >= 15 is 0 Å². The second-order valence-electron chi connectivity index (χ2n) is 2.86. The summed E-state index contributed by atoms with van der Waals surface area (Å²) in [4.78, 5) is 16.7. The number of rotatable bonds is 4. The molecule has 0 spiro atoms. The third-order valence-electron chi connectivity index (χ3n) is 2.04. The zero-order valence-electron chi connectivity index (χ0n) is 8.40. The van der Waals surface area contributed by atoms with Crippen LogP contribution in [-0.4, -0.2) is 29.1 Å². The van der Waals surface area contributed by atoms with Crippen LogP contribution in [0.5, 0.6) is 0 Å². The van der Waals surface area contributed by atoms with Crippen molar-refractivity contribution in [3.05, 3.63) is 23.9 Å². The highest BCUT2D eigenvalue weighted by Crippen LogP contribution is 2.10. The van der Waals surface area contributed by atoms with Gasteiger partial charge in [-0.3, -0.25) is 0 Å². The monoisotopic (exact) mass is 194 g/mol. The molecule has 0 amide bonds. The molecule has 0 aliphatic heterocycles. The van der Waals surface area contributed by atoms with Crippen LogP contribution in [-0.2, 0) is 0 Å². The van der Waals surface area contributed by atoms with E-state index in [1.54, 1.807) is 6.07 Å². The molecule has 1 N–H and O–H groups in total. The zero-order chi connectivity index (χ0) is 10.6. The summed E-state index contributed by atoms with van der Waals surface area (Å²) in [6.45, 7) is 5.68. The molecule has 4 nitrogen and oxygen atoms in total. The second kappa shape index (κ2) is 4.60. The summed E-state index contributed by atoms with van der Waals surface area (Å²) in [5.74, 6) is -0.270. The molecule has 14 heavy (non-hydrogen) atoms. The fraction of sp³-hybridized carbons (Fsp3) is 0.400. The number of aromatic carboxylic acids is 1. The van der Waals surface area contributed by atoms with E-state index in [0.717, 1.165) is 18.9 Å². The Morgan fingerprint density at radius 3 is 2.57 bits per heavy atom. The van der Waals surface area contributed by atoms with Gasteiger partial charge in [-0.2, -0.15) is 0 Å². The van der Waals surface area contributed by atoms with Crippen molar-refractivity contribution in [1.82, 2.24) is 4.98 Å². The van der Waals surface area contributed by atoms with E-state index in [9.17, 15) is 4.79 Å². The van der Waals surface area contributed by atoms with Gasteiger partial charge in [0.05, 0.1) is 0 Å². The predicted molar refractivity (Wildman–Crippen MR) is 54.8 cm³/mol. The third kappa shape index (κ3) is 2.22. The molecule has 1 heterocycles. The number of pyridine rings is 1. The Kier molecular flexibility index (Phi) is 3.45. The van der Waals surface area contributed by atoms with Gasteiger partial charge in [-0.25, -0.2) is 9.78 Å². The van der Waals surface area contributed by atoms with Crippen LogP contribution in [0.25, 0.3) is 0 Å². The normalized spacial score (nSPS) is 9.86. The van der Waals surface area contributed by atoms with Crippen LogP contribution in [0.1, 0.15) is 24.3 Å². The minimum atomic E-state index is -0.987. The Hall–Kier alpha value is -1.58. The summed E-state index contributed by atoms with van der Waals surface area (Å²) in [6, 6.07) is 5.03. The van der Waals surface area contributed by atoms with Crippen LogP contribution in [0.15, 0.2) is 18.2 Å². The van der Waals surface area contributed by atoms with Crippen LogP contribution < -0.4 is 4.90 Å². The fourth-order valence-corrected chi connectivity index (χ4v) is 1.27. The molecule has 0 bridgehead atoms. The van der Waals surface area contributed by atoms with Crippen molar-refractivity contribution >= 4 is 11.8 Å². The van der Waals surface area contributed by atoms with E-state index in [2.05, 4.69) is 4.98 Å². The van der Waals surface area contributed by atoms with E-state index in [0.29, 0.717) is 0 Å². The summed E-state index contributed by atoms with van der Waals surface area (Å²) in [6.07, 6.45) is 0. The van der Waals surface area contributed by atoms with Crippen LogP contribution in [0.3, 0.4) is 0 Å². The second-order valence-corrected chi connectivity index (χ2v) is 2.86. The van der Waals surface area contributed by atoms with Crippen molar-refractivity contribution in [2.45, 2.75) is 13.8 Å². The zero-order valence-corrected chi connectivity index (χ0v) is 8.40. The maximum absolute atomic E-state index is 10.7. The molecule has 1 aromatic rings. The quantitative estimate of drug-likeness (QED) is 0.791. The molecule has 0 aromatic carbocycles. The Morgan fingerprint density at radius 2 is 2.07 bits per heavy atom. The number of carbonyl (C=O) groups is 1. The molecular weight excluding hydrogens is 180 g/mol. The Morgan fingerprint density at radius 1 is 1.43 bits per heavy atom. The maximum Gasteiger partial charge on any atom is 0.354 e. The van der Waals surface area contributed by atoms with Gasteiger partial charge in [0.1, 0.15) is 5.82 Å². The van der Waals surface area contributed by atoms with Crippen molar-refractivity contribution in [3.8, 4) is 0 Å². The lowest BCUT2D eigenvalue weighted by Gasteiger charge is -2.19. The Bertz CT molecular complexity index is 322. The largest absolute Gasteiger partial charge is 0.477 e. The first-order valence-corrected chi connectivity index (χ1v) is 4.64. The number of carboxylic acids is 1. The SMILES string of the molecule is CCN(CC)c1cccc(C(=O)O)n1. The molecule has 0 unspecified atom stereocenters. The van der Waals surface area contributed by atoms with Gasteiger partial charge < -0.3 is 10.0 Å². The topological polar surface area (TPSA) is 53.4 Å². The minimum Gasteiger partial charge on any atom is -0.477 e. The van der Waals surface area contributed by atoms with Crippen LogP contribution in [0.4, 0.5) is 5.82 Å². The average Bonchev–Trinajstić information content (AvgIpc) is 2.20. The number of carboxylic acid groups (broad SMARTS) is 1. The molecule has 1 aromatic heterocycles. The highest BCUT2D eigenvalue weighted by molar-refractivity contribution is 5.85. The van der Waals surface area contributed by atoms with Gasteiger partial charge >= 0.3 is 5.97 Å². The molecule has 0 fully saturated rings. The van der Waals surface area contributed by atoms with E-state index in [-0.39, 0.29) is 5.69 Å². The van der Waals surface area contributed by atoms with Crippen molar-refractivity contribution < 1.29 is 9.90 Å². The van der Waals surface area contributed by atoms with Gasteiger partial charge in [0.15, 0.2) is 5.69 Å². The first-order chi connectivity index (χ1) is 6.69. The number of nitrogens with zero attached hydrogens (tertiary/aromatic N) is 2. The molecule has 0 saturated carbocycles. The predicted octanol–water partition coefficient (Wildman–Crippen LogP) is 1.63. The summed E-state index contributed by atoms with van der Waals surface area (Å²) in [5.41, 5.74) is 0.0920. The highest BCUT2D eigenvalue weighted by atomic mass is 16.4. The van der Waals surface area contributed by atoms with E-state index < -0.39 is 5.97 Å². The third-order valence-corrected chi connectivity index (χ3v) is 2.04. The van der Waals surface area contributed by atoms with Crippen molar-refractivity contribution in [3.63, 3.8) is 0 Å². The van der Waals surface area contributed by atoms with E-state index in [1.165, 1.54) is 6.07 Å². The molecule has 1 rings (SSSR count). The molecule has 4 heteroatoms. The summed E-state index contributed by atoms with van der Waals surface area (Å²) < 4.78 is 0. The molecule has 0 aliphatic carbocycles. The number of aromatic nitrogens is 1. The van der Waals surface area contributed by atoms with Crippen molar-refractivity contribution in [2.75, 3.05) is 18.0 Å². The highest BCUT2D eigenvalue weighted by Gasteiger charge is 2.07. The standard InChI is InChI=1S/C10H14N2O2/c1-3-12(4-2)9-7-5-6-8(11-9)10(13)14/h5-7H,3-4H2,1-2H3,(H,13,14). The molecule has 0 aliphatic rings. The number of anilines is 1. The smallest absolute Gasteiger partial charge is 0.354 e. The molecule has 0 atom stereocenters. The van der Waals surface area contributed by atoms with Gasteiger partial charge in [-0.1, -0.05) is 6.07 Å². The van der Waals surface area contributed by atoms with E-state index in [4.69, 9.17) is 5.11 Å². The summed E-state index contributed by atoms with van der Waals surface area (Å²) >= 11 is 0. The van der Waals surface area contributed by atoms with Crippen LogP contribution in [0.2, 0.25) is 0 Å². The summed E-state index contributed by atoms with van der Waals surface area (Å²) in [7, 11) is 0.